The summed E-state index contributed by atoms with van der Waals surface area (Å²) in [7, 11) is 0. The van der Waals surface area contributed by atoms with Crippen LogP contribution in [0.4, 0.5) is 13.2 Å². The molecule has 1 saturated heterocycles. The Bertz CT molecular complexity index is 250. The van der Waals surface area contributed by atoms with Gasteiger partial charge in [-0.3, -0.25) is 4.79 Å². The second kappa shape index (κ2) is 6.23. The molecule has 100 valence electrons. The van der Waals surface area contributed by atoms with E-state index < -0.39 is 18.5 Å². The van der Waals surface area contributed by atoms with E-state index in [4.69, 9.17) is 0 Å². The number of rotatable bonds is 4. The van der Waals surface area contributed by atoms with Crippen LogP contribution < -0.4 is 5.32 Å². The second-order valence-electron chi connectivity index (χ2n) is 4.37. The summed E-state index contributed by atoms with van der Waals surface area (Å²) in [6.45, 7) is 3.30. The number of piperidine rings is 1. The van der Waals surface area contributed by atoms with Crippen LogP contribution in [0.15, 0.2) is 0 Å². The van der Waals surface area contributed by atoms with Gasteiger partial charge in [0.1, 0.15) is 6.42 Å². The molecule has 1 heterocycles. The summed E-state index contributed by atoms with van der Waals surface area (Å²) in [4.78, 5) is 12.7. The van der Waals surface area contributed by atoms with E-state index >= 15 is 0 Å². The zero-order chi connectivity index (χ0) is 12.9. The van der Waals surface area contributed by atoms with Crippen LogP contribution >= 0.6 is 0 Å². The summed E-state index contributed by atoms with van der Waals surface area (Å²) in [5.41, 5.74) is 0. The van der Waals surface area contributed by atoms with Gasteiger partial charge < -0.3 is 10.2 Å². The van der Waals surface area contributed by atoms with Crippen LogP contribution in [-0.4, -0.2) is 42.7 Å². The Hall–Kier alpha value is -0.780. The molecule has 0 bridgehead atoms. The molecule has 1 aliphatic heterocycles. The van der Waals surface area contributed by atoms with E-state index in [9.17, 15) is 18.0 Å². The Labute approximate surface area is 99.4 Å². The van der Waals surface area contributed by atoms with Gasteiger partial charge in [0, 0.05) is 19.1 Å². The van der Waals surface area contributed by atoms with Gasteiger partial charge in [-0.05, 0) is 26.3 Å². The number of halogens is 3. The zero-order valence-electron chi connectivity index (χ0n) is 10.0. The highest BCUT2D eigenvalue weighted by molar-refractivity contribution is 5.76. The van der Waals surface area contributed by atoms with Crippen molar-refractivity contribution in [2.75, 3.05) is 19.6 Å². The normalized spacial score (nSPS) is 21.3. The highest BCUT2D eigenvalue weighted by atomic mass is 19.4. The van der Waals surface area contributed by atoms with E-state index in [1.54, 1.807) is 6.92 Å². The molecule has 1 amide bonds. The quantitative estimate of drug-likeness (QED) is 0.829. The molecule has 1 N–H and O–H groups in total. The fourth-order valence-electron chi connectivity index (χ4n) is 2.04. The number of hydrogen-bond donors (Lipinski definition) is 1. The number of alkyl halides is 3. The molecule has 0 saturated carbocycles. The highest BCUT2D eigenvalue weighted by Crippen LogP contribution is 2.21. The summed E-state index contributed by atoms with van der Waals surface area (Å²) >= 11 is 0. The summed E-state index contributed by atoms with van der Waals surface area (Å²) in [5, 5.41) is 3.23. The van der Waals surface area contributed by atoms with Crippen LogP contribution in [0.5, 0.6) is 0 Å². The predicted molar refractivity (Wildman–Crippen MR) is 58.6 cm³/mol. The van der Waals surface area contributed by atoms with Crippen molar-refractivity contribution in [3.8, 4) is 0 Å². The average molecular weight is 252 g/mol. The lowest BCUT2D eigenvalue weighted by atomic mass is 10.0. The topological polar surface area (TPSA) is 32.3 Å². The minimum atomic E-state index is -4.41. The maximum absolute atomic E-state index is 12.1. The van der Waals surface area contributed by atoms with E-state index in [1.807, 2.05) is 0 Å². The number of carbonyl (C=O) groups excluding carboxylic acids is 1. The molecule has 17 heavy (non-hydrogen) atoms. The van der Waals surface area contributed by atoms with Crippen LogP contribution in [0.1, 0.15) is 32.6 Å². The molecule has 0 aromatic rings. The van der Waals surface area contributed by atoms with Crippen molar-refractivity contribution in [2.45, 2.75) is 44.8 Å². The van der Waals surface area contributed by atoms with Gasteiger partial charge in [0.05, 0.1) is 0 Å². The minimum Gasteiger partial charge on any atom is -0.341 e. The molecule has 1 unspecified atom stereocenters. The van der Waals surface area contributed by atoms with Crippen molar-refractivity contribution in [1.29, 1.82) is 0 Å². The smallest absolute Gasteiger partial charge is 0.341 e. The standard InChI is InChI=1S/C11H19F3N2O/c1-2-16(10(17)7-11(12,13)14)8-9-5-3-4-6-15-9/h9,15H,2-8H2,1H3. The first-order chi connectivity index (χ1) is 7.92. The molecule has 1 aliphatic rings. The first kappa shape index (κ1) is 14.3. The van der Waals surface area contributed by atoms with E-state index in [2.05, 4.69) is 5.32 Å². The van der Waals surface area contributed by atoms with Crippen molar-refractivity contribution in [1.82, 2.24) is 10.2 Å². The van der Waals surface area contributed by atoms with Gasteiger partial charge in [0.25, 0.3) is 0 Å². The van der Waals surface area contributed by atoms with E-state index in [0.717, 1.165) is 25.8 Å². The van der Waals surface area contributed by atoms with Gasteiger partial charge >= 0.3 is 6.18 Å². The predicted octanol–water partition coefficient (Wildman–Crippen LogP) is 1.93. The Morgan fingerprint density at radius 3 is 2.59 bits per heavy atom. The van der Waals surface area contributed by atoms with Gasteiger partial charge in [-0.25, -0.2) is 0 Å². The van der Waals surface area contributed by atoms with Gasteiger partial charge in [-0.2, -0.15) is 13.2 Å². The molecule has 0 radical (unpaired) electrons. The maximum Gasteiger partial charge on any atom is 0.397 e. The third-order valence-corrected chi connectivity index (χ3v) is 2.94. The highest BCUT2D eigenvalue weighted by Gasteiger charge is 2.33. The molecule has 1 rings (SSSR count). The van der Waals surface area contributed by atoms with E-state index in [0.29, 0.717) is 13.1 Å². The van der Waals surface area contributed by atoms with Crippen molar-refractivity contribution >= 4 is 5.91 Å². The lowest BCUT2D eigenvalue weighted by Crippen LogP contribution is -2.46. The molecule has 1 atom stereocenters. The SMILES string of the molecule is CCN(CC1CCCCN1)C(=O)CC(F)(F)F. The third-order valence-electron chi connectivity index (χ3n) is 2.94. The number of amides is 1. The molecular weight excluding hydrogens is 233 g/mol. The number of hydrogen-bond acceptors (Lipinski definition) is 2. The van der Waals surface area contributed by atoms with E-state index in [-0.39, 0.29) is 6.04 Å². The van der Waals surface area contributed by atoms with Crippen LogP contribution in [0.25, 0.3) is 0 Å². The number of nitrogens with zero attached hydrogens (tertiary/aromatic N) is 1. The lowest BCUT2D eigenvalue weighted by Gasteiger charge is -2.30. The van der Waals surface area contributed by atoms with Gasteiger partial charge in [0.15, 0.2) is 0 Å². The molecule has 0 aromatic carbocycles. The molecule has 6 heteroatoms. The largest absolute Gasteiger partial charge is 0.397 e. The maximum atomic E-state index is 12.1. The van der Waals surface area contributed by atoms with Crippen LogP contribution in [0.3, 0.4) is 0 Å². The van der Waals surface area contributed by atoms with Crippen molar-refractivity contribution in [3.63, 3.8) is 0 Å². The summed E-state index contributed by atoms with van der Waals surface area (Å²) in [6, 6.07) is 0.140. The lowest BCUT2D eigenvalue weighted by molar-refractivity contribution is -0.161. The van der Waals surface area contributed by atoms with Crippen molar-refractivity contribution in [2.24, 2.45) is 0 Å². The summed E-state index contributed by atoms with van der Waals surface area (Å²) < 4.78 is 36.4. The average Bonchev–Trinajstić information content (AvgIpc) is 2.24. The second-order valence-corrected chi connectivity index (χ2v) is 4.37. The van der Waals surface area contributed by atoms with Crippen molar-refractivity contribution < 1.29 is 18.0 Å². The number of nitrogens with one attached hydrogen (secondary N) is 1. The fourth-order valence-corrected chi connectivity index (χ4v) is 2.04. The van der Waals surface area contributed by atoms with Crippen LogP contribution in [-0.2, 0) is 4.79 Å². The summed E-state index contributed by atoms with van der Waals surface area (Å²) in [6.07, 6.45) is -2.67. The summed E-state index contributed by atoms with van der Waals surface area (Å²) in [5.74, 6) is -0.827. The van der Waals surface area contributed by atoms with Crippen LogP contribution in [0, 0.1) is 0 Å². The van der Waals surface area contributed by atoms with E-state index in [1.165, 1.54) is 4.90 Å². The Morgan fingerprint density at radius 1 is 1.41 bits per heavy atom. The Morgan fingerprint density at radius 2 is 2.12 bits per heavy atom. The van der Waals surface area contributed by atoms with Crippen molar-refractivity contribution in [3.05, 3.63) is 0 Å². The molecule has 0 aromatic heterocycles. The Kier molecular flexibility index (Phi) is 5.24. The third kappa shape index (κ3) is 5.39. The van der Waals surface area contributed by atoms with Gasteiger partial charge in [-0.1, -0.05) is 6.42 Å². The molecular formula is C11H19F3N2O. The minimum absolute atomic E-state index is 0.140. The first-order valence-electron chi connectivity index (χ1n) is 6.00. The van der Waals surface area contributed by atoms with Gasteiger partial charge in [-0.15, -0.1) is 0 Å². The number of likely N-dealkylation sites (N-methyl/N-ethyl adjacent to an activating group) is 1. The molecule has 3 nitrogen and oxygen atoms in total. The molecule has 0 spiro atoms. The molecule has 1 fully saturated rings. The van der Waals surface area contributed by atoms with Crippen LogP contribution in [0.2, 0.25) is 0 Å². The fraction of sp³-hybridized carbons (Fsp3) is 0.909. The first-order valence-corrected chi connectivity index (χ1v) is 6.00. The Balaban J connectivity index is 2.43. The monoisotopic (exact) mass is 252 g/mol. The molecule has 0 aliphatic carbocycles. The zero-order valence-corrected chi connectivity index (χ0v) is 10.0. The van der Waals surface area contributed by atoms with Gasteiger partial charge in [0.2, 0.25) is 5.91 Å². The number of carbonyl (C=O) groups is 1.